The number of hydrogen-bond donors (Lipinski definition) is 0. The molecule has 0 bridgehead atoms. The molecular weight excluding hydrogens is 323 g/mol. The molecule has 0 spiro atoms. The van der Waals surface area contributed by atoms with E-state index in [0.717, 1.165) is 14.5 Å². The second-order valence-electron chi connectivity index (χ2n) is 3.08. The fourth-order valence-corrected chi connectivity index (χ4v) is 2.24. The largest absolute Gasteiger partial charge is 0.206 e. The fourth-order valence-electron chi connectivity index (χ4n) is 1.39. The highest BCUT2D eigenvalue weighted by molar-refractivity contribution is 9.13. The first-order valence-corrected chi connectivity index (χ1v) is 5.97. The summed E-state index contributed by atoms with van der Waals surface area (Å²) in [5.74, 6) is -0.212. The molecule has 0 saturated heterocycles. The van der Waals surface area contributed by atoms with E-state index in [1.54, 1.807) is 12.1 Å². The Hall–Kier alpha value is -0.670. The van der Waals surface area contributed by atoms with Crippen LogP contribution in [0.25, 0.3) is 11.1 Å². The molecule has 76 valence electrons. The third-order valence-corrected chi connectivity index (χ3v) is 4.16. The number of rotatable bonds is 1. The quantitative estimate of drug-likeness (QED) is 0.689. The van der Waals surface area contributed by atoms with Crippen LogP contribution in [0.5, 0.6) is 0 Å². The van der Waals surface area contributed by atoms with Crippen LogP contribution in [0.2, 0.25) is 0 Å². The molecule has 0 amide bonds. The molecule has 0 saturated carbocycles. The zero-order valence-electron chi connectivity index (χ0n) is 7.68. The highest BCUT2D eigenvalue weighted by atomic mass is 79.9. The van der Waals surface area contributed by atoms with E-state index < -0.39 is 0 Å². The van der Waals surface area contributed by atoms with Crippen LogP contribution in [-0.2, 0) is 0 Å². The second-order valence-corrected chi connectivity index (χ2v) is 4.73. The van der Waals surface area contributed by atoms with Gasteiger partial charge in [-0.2, -0.15) is 0 Å². The van der Waals surface area contributed by atoms with Crippen LogP contribution in [0, 0.1) is 5.82 Å². The van der Waals surface area contributed by atoms with Gasteiger partial charge in [-0.05, 0) is 49.6 Å². The van der Waals surface area contributed by atoms with Crippen LogP contribution in [0.15, 0.2) is 51.4 Å². The predicted octanol–water partition coefficient (Wildman–Crippen LogP) is 5.02. The summed E-state index contributed by atoms with van der Waals surface area (Å²) in [6.45, 7) is 0. The van der Waals surface area contributed by atoms with Crippen molar-refractivity contribution in [3.05, 3.63) is 57.2 Å². The lowest BCUT2D eigenvalue weighted by Crippen LogP contribution is -1.85. The van der Waals surface area contributed by atoms with Crippen LogP contribution in [0.1, 0.15) is 0 Å². The van der Waals surface area contributed by atoms with Crippen LogP contribution in [0.3, 0.4) is 0 Å². The maximum atomic E-state index is 13.6. The van der Waals surface area contributed by atoms with Gasteiger partial charge in [-0.3, -0.25) is 0 Å². The summed E-state index contributed by atoms with van der Waals surface area (Å²) < 4.78 is 15.3. The summed E-state index contributed by atoms with van der Waals surface area (Å²) in [6, 6.07) is 12.4. The van der Waals surface area contributed by atoms with Gasteiger partial charge in [-0.1, -0.05) is 30.3 Å². The highest BCUT2D eigenvalue weighted by Crippen LogP contribution is 2.34. The fraction of sp³-hybridized carbons (Fsp3) is 0. The van der Waals surface area contributed by atoms with Gasteiger partial charge in [-0.15, -0.1) is 0 Å². The Balaban J connectivity index is 2.65. The summed E-state index contributed by atoms with van der Waals surface area (Å²) in [5.41, 5.74) is 1.45. The molecule has 0 radical (unpaired) electrons. The third-order valence-electron chi connectivity index (χ3n) is 2.12. The monoisotopic (exact) mass is 328 g/mol. The molecule has 0 fully saturated rings. The van der Waals surface area contributed by atoms with Gasteiger partial charge in [0.05, 0.1) is 0 Å². The molecule has 0 nitrogen and oxygen atoms in total. The Kier molecular flexibility index (Phi) is 3.22. The van der Waals surface area contributed by atoms with Crippen molar-refractivity contribution in [1.29, 1.82) is 0 Å². The standard InChI is InChI=1S/C12H7Br2F/c13-10-6-3-5-9(12(10)14)8-4-1-2-7-11(8)15/h1-7H. The Morgan fingerprint density at radius 2 is 1.47 bits per heavy atom. The lowest BCUT2D eigenvalue weighted by atomic mass is 10.1. The van der Waals surface area contributed by atoms with Gasteiger partial charge in [0.1, 0.15) is 5.82 Å². The molecule has 3 heteroatoms. The third kappa shape index (κ3) is 2.13. The van der Waals surface area contributed by atoms with E-state index >= 15 is 0 Å². The normalized spacial score (nSPS) is 10.3. The summed E-state index contributed by atoms with van der Waals surface area (Å²) in [4.78, 5) is 0. The van der Waals surface area contributed by atoms with Crippen molar-refractivity contribution in [3.8, 4) is 11.1 Å². The minimum atomic E-state index is -0.212. The first kappa shape index (κ1) is 10.8. The average molecular weight is 330 g/mol. The van der Waals surface area contributed by atoms with E-state index in [9.17, 15) is 4.39 Å². The zero-order chi connectivity index (χ0) is 10.8. The Labute approximate surface area is 104 Å². The molecule has 0 N–H and O–H groups in total. The van der Waals surface area contributed by atoms with Crippen molar-refractivity contribution in [2.75, 3.05) is 0 Å². The van der Waals surface area contributed by atoms with Gasteiger partial charge >= 0.3 is 0 Å². The van der Waals surface area contributed by atoms with Gasteiger partial charge in [0.25, 0.3) is 0 Å². The SMILES string of the molecule is Fc1ccccc1-c1cccc(Br)c1Br. The van der Waals surface area contributed by atoms with Crippen molar-refractivity contribution in [3.63, 3.8) is 0 Å². The van der Waals surface area contributed by atoms with Crippen LogP contribution >= 0.6 is 31.9 Å². The molecule has 0 unspecified atom stereocenters. The molecule has 15 heavy (non-hydrogen) atoms. The molecule has 0 aliphatic heterocycles. The topological polar surface area (TPSA) is 0 Å². The first-order chi connectivity index (χ1) is 7.20. The predicted molar refractivity (Wildman–Crippen MR) is 67.2 cm³/mol. The van der Waals surface area contributed by atoms with Crippen molar-refractivity contribution >= 4 is 31.9 Å². The lowest BCUT2D eigenvalue weighted by molar-refractivity contribution is 0.631. The molecule has 0 atom stereocenters. The van der Waals surface area contributed by atoms with Gasteiger partial charge in [-0.25, -0.2) is 4.39 Å². The molecule has 0 aromatic heterocycles. The highest BCUT2D eigenvalue weighted by Gasteiger charge is 2.09. The van der Waals surface area contributed by atoms with Gasteiger partial charge in [0.15, 0.2) is 0 Å². The first-order valence-electron chi connectivity index (χ1n) is 4.39. The Bertz CT molecular complexity index is 495. The molecule has 0 heterocycles. The van der Waals surface area contributed by atoms with Crippen molar-refractivity contribution in [1.82, 2.24) is 0 Å². The van der Waals surface area contributed by atoms with E-state index in [1.807, 2.05) is 24.3 Å². The molecule has 2 aromatic carbocycles. The van der Waals surface area contributed by atoms with Crippen molar-refractivity contribution in [2.45, 2.75) is 0 Å². The Morgan fingerprint density at radius 1 is 0.800 bits per heavy atom. The molecule has 2 aromatic rings. The summed E-state index contributed by atoms with van der Waals surface area (Å²) >= 11 is 6.84. The van der Waals surface area contributed by atoms with E-state index in [4.69, 9.17) is 0 Å². The van der Waals surface area contributed by atoms with Gasteiger partial charge in [0, 0.05) is 14.5 Å². The minimum Gasteiger partial charge on any atom is -0.206 e. The Morgan fingerprint density at radius 3 is 2.20 bits per heavy atom. The second kappa shape index (κ2) is 4.45. The van der Waals surface area contributed by atoms with E-state index in [1.165, 1.54) is 6.07 Å². The summed E-state index contributed by atoms with van der Waals surface area (Å²) in [6.07, 6.45) is 0. The van der Waals surface area contributed by atoms with E-state index in [2.05, 4.69) is 31.9 Å². The molecule has 2 rings (SSSR count). The average Bonchev–Trinajstić information content (AvgIpc) is 2.23. The van der Waals surface area contributed by atoms with E-state index in [0.29, 0.717) is 5.56 Å². The minimum absolute atomic E-state index is 0.212. The number of halogens is 3. The number of hydrogen-bond acceptors (Lipinski definition) is 0. The smallest absolute Gasteiger partial charge is 0.131 e. The van der Waals surface area contributed by atoms with Crippen LogP contribution < -0.4 is 0 Å². The zero-order valence-corrected chi connectivity index (χ0v) is 10.8. The summed E-state index contributed by atoms with van der Waals surface area (Å²) in [7, 11) is 0. The van der Waals surface area contributed by atoms with Gasteiger partial charge in [0.2, 0.25) is 0 Å². The number of benzene rings is 2. The van der Waals surface area contributed by atoms with Crippen LogP contribution in [-0.4, -0.2) is 0 Å². The maximum absolute atomic E-state index is 13.6. The molecular formula is C12H7Br2F. The van der Waals surface area contributed by atoms with Crippen molar-refractivity contribution < 1.29 is 4.39 Å². The maximum Gasteiger partial charge on any atom is 0.131 e. The lowest BCUT2D eigenvalue weighted by Gasteiger charge is -2.07. The van der Waals surface area contributed by atoms with Crippen LogP contribution in [0.4, 0.5) is 4.39 Å². The van der Waals surface area contributed by atoms with Gasteiger partial charge < -0.3 is 0 Å². The van der Waals surface area contributed by atoms with E-state index in [-0.39, 0.29) is 5.82 Å². The van der Waals surface area contributed by atoms with Crippen molar-refractivity contribution in [2.24, 2.45) is 0 Å². The summed E-state index contributed by atoms with van der Waals surface area (Å²) in [5, 5.41) is 0. The molecule has 0 aliphatic carbocycles. The molecule has 0 aliphatic rings.